The summed E-state index contributed by atoms with van der Waals surface area (Å²) in [5, 5.41) is 9.77. The van der Waals surface area contributed by atoms with E-state index in [-0.39, 0.29) is 6.10 Å². The van der Waals surface area contributed by atoms with E-state index in [4.69, 9.17) is 0 Å². The Morgan fingerprint density at radius 2 is 2.12 bits per heavy atom. The molecule has 0 amide bonds. The third-order valence-electron chi connectivity index (χ3n) is 3.45. The van der Waals surface area contributed by atoms with Gasteiger partial charge in [-0.3, -0.25) is 4.98 Å². The molecule has 0 radical (unpaired) electrons. The number of anilines is 1. The second kappa shape index (κ2) is 5.00. The molecular weight excluding hydrogens is 214 g/mol. The first-order valence-corrected chi connectivity index (χ1v) is 6.31. The molecule has 0 aromatic carbocycles. The molecule has 1 aliphatic heterocycles. The minimum absolute atomic E-state index is 0.169. The smallest absolute Gasteiger partial charge is 0.147 e. The van der Waals surface area contributed by atoms with E-state index in [9.17, 15) is 5.11 Å². The molecule has 17 heavy (non-hydrogen) atoms. The van der Waals surface area contributed by atoms with E-state index in [1.54, 1.807) is 6.20 Å². The molecular formula is C13H21N3O. The van der Waals surface area contributed by atoms with Crippen molar-refractivity contribution in [1.82, 2.24) is 9.97 Å². The second-order valence-electron chi connectivity index (χ2n) is 5.20. The molecule has 1 aromatic heterocycles. The largest absolute Gasteiger partial charge is 0.393 e. The van der Waals surface area contributed by atoms with Crippen LogP contribution in [0.4, 0.5) is 5.82 Å². The Kier molecular flexibility index (Phi) is 3.62. The summed E-state index contributed by atoms with van der Waals surface area (Å²) in [6.45, 7) is 7.19. The summed E-state index contributed by atoms with van der Waals surface area (Å²) in [6.07, 6.45) is 5.11. The van der Waals surface area contributed by atoms with Crippen molar-refractivity contribution in [2.75, 3.05) is 11.4 Å². The number of hydrogen-bond acceptors (Lipinski definition) is 4. The van der Waals surface area contributed by atoms with Gasteiger partial charge >= 0.3 is 0 Å². The van der Waals surface area contributed by atoms with Crippen LogP contribution in [0.2, 0.25) is 0 Å². The lowest BCUT2D eigenvalue weighted by molar-refractivity contribution is 0.118. The van der Waals surface area contributed by atoms with Gasteiger partial charge in [0.05, 0.1) is 24.2 Å². The van der Waals surface area contributed by atoms with Crippen LogP contribution in [0.5, 0.6) is 0 Å². The van der Waals surface area contributed by atoms with E-state index >= 15 is 0 Å². The normalized spacial score (nSPS) is 25.4. The predicted molar refractivity (Wildman–Crippen MR) is 68.0 cm³/mol. The third-order valence-corrected chi connectivity index (χ3v) is 3.45. The molecule has 1 fully saturated rings. The summed E-state index contributed by atoms with van der Waals surface area (Å²) >= 11 is 0. The first-order valence-electron chi connectivity index (χ1n) is 6.31. The van der Waals surface area contributed by atoms with Crippen molar-refractivity contribution < 1.29 is 5.11 Å². The minimum atomic E-state index is -0.169. The zero-order valence-corrected chi connectivity index (χ0v) is 10.8. The molecule has 2 atom stereocenters. The Bertz CT molecular complexity index is 363. The van der Waals surface area contributed by atoms with Gasteiger partial charge < -0.3 is 10.0 Å². The average Bonchev–Trinajstić information content (AvgIpc) is 2.30. The van der Waals surface area contributed by atoms with Gasteiger partial charge in [-0.05, 0) is 25.7 Å². The summed E-state index contributed by atoms with van der Waals surface area (Å²) in [6, 6.07) is 0.357. The van der Waals surface area contributed by atoms with Gasteiger partial charge in [-0.25, -0.2) is 4.98 Å². The van der Waals surface area contributed by atoms with Crippen molar-refractivity contribution in [1.29, 1.82) is 0 Å². The summed E-state index contributed by atoms with van der Waals surface area (Å²) < 4.78 is 0. The van der Waals surface area contributed by atoms with Crippen LogP contribution in [0.15, 0.2) is 12.4 Å². The van der Waals surface area contributed by atoms with Crippen LogP contribution in [0, 0.1) is 12.8 Å². The van der Waals surface area contributed by atoms with Gasteiger partial charge in [-0.2, -0.15) is 0 Å². The van der Waals surface area contributed by atoms with Gasteiger partial charge in [0.25, 0.3) is 0 Å². The van der Waals surface area contributed by atoms with Crippen molar-refractivity contribution in [2.24, 2.45) is 5.92 Å². The summed E-state index contributed by atoms with van der Waals surface area (Å²) in [5.74, 6) is 1.44. The highest BCUT2D eigenvalue weighted by molar-refractivity contribution is 5.38. The number of aryl methyl sites for hydroxylation is 1. The number of piperidine rings is 1. The van der Waals surface area contributed by atoms with E-state index in [1.807, 2.05) is 13.1 Å². The fourth-order valence-electron chi connectivity index (χ4n) is 2.43. The molecule has 1 aliphatic rings. The topological polar surface area (TPSA) is 49.2 Å². The number of aliphatic hydroxyl groups excluding tert-OH is 1. The zero-order chi connectivity index (χ0) is 12.4. The lowest BCUT2D eigenvalue weighted by atomic mass is 9.91. The molecule has 0 bridgehead atoms. The maximum atomic E-state index is 9.77. The molecule has 4 heteroatoms. The number of rotatable bonds is 2. The lowest BCUT2D eigenvalue weighted by Gasteiger charge is -2.40. The van der Waals surface area contributed by atoms with E-state index in [0.717, 1.165) is 30.9 Å². The summed E-state index contributed by atoms with van der Waals surface area (Å²) in [7, 11) is 0. The molecule has 2 rings (SSSR count). The van der Waals surface area contributed by atoms with Gasteiger partial charge in [0.1, 0.15) is 5.82 Å². The Hall–Kier alpha value is -1.16. The van der Waals surface area contributed by atoms with Gasteiger partial charge in [0.2, 0.25) is 0 Å². The van der Waals surface area contributed by atoms with Crippen molar-refractivity contribution in [3.8, 4) is 0 Å². The highest BCUT2D eigenvalue weighted by Crippen LogP contribution is 2.27. The van der Waals surface area contributed by atoms with Crippen LogP contribution >= 0.6 is 0 Å². The van der Waals surface area contributed by atoms with Gasteiger partial charge in [-0.15, -0.1) is 0 Å². The first-order chi connectivity index (χ1) is 8.08. The number of aromatic nitrogens is 2. The molecule has 1 aromatic rings. The monoisotopic (exact) mass is 235 g/mol. The molecule has 0 spiro atoms. The van der Waals surface area contributed by atoms with Crippen LogP contribution in [0.3, 0.4) is 0 Å². The van der Waals surface area contributed by atoms with Crippen LogP contribution in [0.25, 0.3) is 0 Å². The number of aliphatic hydroxyl groups is 1. The van der Waals surface area contributed by atoms with E-state index in [0.29, 0.717) is 12.0 Å². The fourth-order valence-corrected chi connectivity index (χ4v) is 2.43. The van der Waals surface area contributed by atoms with Gasteiger partial charge in [0.15, 0.2) is 0 Å². The Labute approximate surface area is 103 Å². The van der Waals surface area contributed by atoms with Crippen LogP contribution in [-0.2, 0) is 0 Å². The lowest BCUT2D eigenvalue weighted by Crippen LogP contribution is -2.47. The molecule has 0 saturated carbocycles. The van der Waals surface area contributed by atoms with Crippen LogP contribution in [0.1, 0.15) is 32.4 Å². The number of hydrogen-bond donors (Lipinski definition) is 1. The second-order valence-corrected chi connectivity index (χ2v) is 5.20. The standard InChI is InChI=1S/C13H21N3O/c1-9(2)12-6-11(17)4-5-16(12)13-8-14-10(3)7-15-13/h7-9,11-12,17H,4-6H2,1-3H3. The van der Waals surface area contributed by atoms with E-state index in [1.165, 1.54) is 0 Å². The molecule has 2 heterocycles. The van der Waals surface area contributed by atoms with Crippen LogP contribution in [-0.4, -0.2) is 33.8 Å². The van der Waals surface area contributed by atoms with Crippen molar-refractivity contribution in [3.63, 3.8) is 0 Å². The maximum Gasteiger partial charge on any atom is 0.147 e. The summed E-state index contributed by atoms with van der Waals surface area (Å²) in [5.41, 5.74) is 0.937. The fraction of sp³-hybridized carbons (Fsp3) is 0.692. The highest BCUT2D eigenvalue weighted by atomic mass is 16.3. The van der Waals surface area contributed by atoms with Gasteiger partial charge in [-0.1, -0.05) is 13.8 Å². The van der Waals surface area contributed by atoms with Crippen molar-refractivity contribution in [2.45, 2.75) is 45.8 Å². The van der Waals surface area contributed by atoms with Crippen LogP contribution < -0.4 is 4.90 Å². The Morgan fingerprint density at radius 1 is 1.35 bits per heavy atom. The minimum Gasteiger partial charge on any atom is -0.393 e. The van der Waals surface area contributed by atoms with Crippen molar-refractivity contribution >= 4 is 5.82 Å². The quantitative estimate of drug-likeness (QED) is 0.848. The molecule has 0 aliphatic carbocycles. The molecule has 1 N–H and O–H groups in total. The molecule has 4 nitrogen and oxygen atoms in total. The first kappa shape index (κ1) is 12.3. The Morgan fingerprint density at radius 3 is 2.71 bits per heavy atom. The molecule has 1 saturated heterocycles. The number of nitrogens with zero attached hydrogens (tertiary/aromatic N) is 3. The highest BCUT2D eigenvalue weighted by Gasteiger charge is 2.30. The predicted octanol–water partition coefficient (Wildman–Crippen LogP) is 1.77. The SMILES string of the molecule is Cc1cnc(N2CCC(O)CC2C(C)C)cn1. The van der Waals surface area contributed by atoms with Gasteiger partial charge in [0, 0.05) is 12.6 Å². The van der Waals surface area contributed by atoms with E-state index in [2.05, 4.69) is 28.7 Å². The summed E-state index contributed by atoms with van der Waals surface area (Å²) in [4.78, 5) is 11.0. The van der Waals surface area contributed by atoms with E-state index < -0.39 is 0 Å². The van der Waals surface area contributed by atoms with Crippen molar-refractivity contribution in [3.05, 3.63) is 18.1 Å². The Balaban J connectivity index is 2.20. The maximum absolute atomic E-state index is 9.77. The average molecular weight is 235 g/mol. The zero-order valence-electron chi connectivity index (χ0n) is 10.8. The molecule has 94 valence electrons. The third kappa shape index (κ3) is 2.75. The molecule has 2 unspecified atom stereocenters.